The summed E-state index contributed by atoms with van der Waals surface area (Å²) in [6.07, 6.45) is 6.27. The van der Waals surface area contributed by atoms with Gasteiger partial charge in [0.15, 0.2) is 0 Å². The highest BCUT2D eigenvalue weighted by molar-refractivity contribution is 6.33. The van der Waals surface area contributed by atoms with Crippen LogP contribution in [0.5, 0.6) is 0 Å². The zero-order valence-corrected chi connectivity index (χ0v) is 18.4. The van der Waals surface area contributed by atoms with Crippen LogP contribution in [0.3, 0.4) is 0 Å². The van der Waals surface area contributed by atoms with Crippen molar-refractivity contribution in [3.05, 3.63) is 64.9 Å². The smallest absolute Gasteiger partial charge is 0.255 e. The van der Waals surface area contributed by atoms with E-state index in [0.717, 1.165) is 18.5 Å². The van der Waals surface area contributed by atoms with Gasteiger partial charge in [-0.15, -0.1) is 0 Å². The first kappa shape index (κ1) is 21.8. The maximum Gasteiger partial charge on any atom is 0.255 e. The summed E-state index contributed by atoms with van der Waals surface area (Å²) in [6.45, 7) is 3.01. The third-order valence-electron chi connectivity index (χ3n) is 6.38. The minimum atomic E-state index is -0.149. The van der Waals surface area contributed by atoms with Crippen LogP contribution in [0.25, 0.3) is 0 Å². The van der Waals surface area contributed by atoms with Gasteiger partial charge in [0, 0.05) is 32.4 Å². The van der Waals surface area contributed by atoms with E-state index in [1.165, 1.54) is 12.8 Å². The quantitative estimate of drug-likeness (QED) is 0.747. The molecule has 1 atom stereocenters. The molecule has 1 aromatic heterocycles. The van der Waals surface area contributed by atoms with Crippen LogP contribution in [0.2, 0.25) is 5.02 Å². The van der Waals surface area contributed by atoms with Crippen molar-refractivity contribution < 1.29 is 9.59 Å². The molecule has 1 saturated heterocycles. The SMILES string of the molecule is O=C(NCc1ccccn1)[C@@H](C1CCCC1)N1CCN(C(=O)c2ccccc2Cl)CC1. The number of halogens is 1. The molecule has 0 spiro atoms. The number of rotatable bonds is 6. The van der Waals surface area contributed by atoms with Gasteiger partial charge in [-0.05, 0) is 43.0 Å². The predicted molar refractivity (Wildman–Crippen MR) is 121 cm³/mol. The number of amides is 2. The maximum atomic E-state index is 13.2. The number of nitrogens with one attached hydrogen (secondary N) is 1. The molecule has 2 aromatic rings. The maximum absolute atomic E-state index is 13.2. The average Bonchev–Trinajstić information content (AvgIpc) is 3.33. The first-order chi connectivity index (χ1) is 15.1. The molecule has 4 rings (SSSR count). The Morgan fingerprint density at radius 2 is 1.74 bits per heavy atom. The zero-order valence-electron chi connectivity index (χ0n) is 17.7. The van der Waals surface area contributed by atoms with Crippen molar-refractivity contribution in [1.82, 2.24) is 20.1 Å². The topological polar surface area (TPSA) is 65.5 Å². The molecule has 2 aliphatic rings. The monoisotopic (exact) mass is 440 g/mol. The van der Waals surface area contributed by atoms with Gasteiger partial charge in [0.2, 0.25) is 5.91 Å². The molecule has 0 bridgehead atoms. The summed E-state index contributed by atoms with van der Waals surface area (Å²) in [5.41, 5.74) is 1.40. The van der Waals surface area contributed by atoms with E-state index in [1.807, 2.05) is 35.2 Å². The summed E-state index contributed by atoms with van der Waals surface area (Å²) in [4.78, 5) is 34.5. The summed E-state index contributed by atoms with van der Waals surface area (Å²) >= 11 is 6.21. The van der Waals surface area contributed by atoms with Crippen LogP contribution in [-0.4, -0.2) is 58.8 Å². The third kappa shape index (κ3) is 5.25. The lowest BCUT2D eigenvalue weighted by atomic mass is 9.95. The van der Waals surface area contributed by atoms with Gasteiger partial charge < -0.3 is 10.2 Å². The van der Waals surface area contributed by atoms with E-state index in [4.69, 9.17) is 11.6 Å². The Morgan fingerprint density at radius 3 is 2.42 bits per heavy atom. The number of aromatic nitrogens is 1. The predicted octanol–water partition coefficient (Wildman–Crippen LogP) is 3.37. The van der Waals surface area contributed by atoms with E-state index < -0.39 is 0 Å². The number of pyridine rings is 1. The van der Waals surface area contributed by atoms with Gasteiger partial charge in [-0.2, -0.15) is 0 Å². The second-order valence-electron chi connectivity index (χ2n) is 8.34. The van der Waals surface area contributed by atoms with E-state index in [9.17, 15) is 9.59 Å². The highest BCUT2D eigenvalue weighted by atomic mass is 35.5. The van der Waals surface area contributed by atoms with Crippen LogP contribution in [0.1, 0.15) is 41.7 Å². The molecule has 0 unspecified atom stereocenters. The number of carbonyl (C=O) groups is 2. The van der Waals surface area contributed by atoms with E-state index in [-0.39, 0.29) is 17.9 Å². The normalized spacial score (nSPS) is 18.7. The van der Waals surface area contributed by atoms with Crippen molar-refractivity contribution >= 4 is 23.4 Å². The van der Waals surface area contributed by atoms with E-state index in [1.54, 1.807) is 18.3 Å². The number of hydrogen-bond donors (Lipinski definition) is 1. The number of benzene rings is 1. The van der Waals surface area contributed by atoms with Gasteiger partial charge in [-0.3, -0.25) is 19.5 Å². The van der Waals surface area contributed by atoms with Gasteiger partial charge in [-0.25, -0.2) is 0 Å². The Bertz CT molecular complexity index is 893. The highest BCUT2D eigenvalue weighted by Crippen LogP contribution is 2.31. The molecule has 0 radical (unpaired) electrons. The highest BCUT2D eigenvalue weighted by Gasteiger charge is 2.37. The van der Waals surface area contributed by atoms with E-state index in [0.29, 0.717) is 49.2 Å². The second kappa shape index (κ2) is 10.2. The molecule has 6 nitrogen and oxygen atoms in total. The number of nitrogens with zero attached hydrogens (tertiary/aromatic N) is 3. The number of carbonyl (C=O) groups excluding carboxylic acids is 2. The van der Waals surface area contributed by atoms with Gasteiger partial charge in [0.25, 0.3) is 5.91 Å². The molecule has 2 fully saturated rings. The van der Waals surface area contributed by atoms with Gasteiger partial charge in [-0.1, -0.05) is 42.6 Å². The standard InChI is InChI=1S/C24H29ClN4O2/c25-21-11-4-3-10-20(21)24(31)29-15-13-28(14-16-29)22(18-7-1-2-8-18)23(30)27-17-19-9-5-6-12-26-19/h3-6,9-12,18,22H,1-2,7-8,13-17H2,(H,27,30)/t22-/m1/s1. The molecule has 1 saturated carbocycles. The van der Waals surface area contributed by atoms with Crippen molar-refractivity contribution in [3.8, 4) is 0 Å². The molecule has 31 heavy (non-hydrogen) atoms. The number of hydrogen-bond acceptors (Lipinski definition) is 4. The van der Waals surface area contributed by atoms with E-state index >= 15 is 0 Å². The number of piperazine rings is 1. The average molecular weight is 441 g/mol. The Hall–Kier alpha value is -2.44. The minimum Gasteiger partial charge on any atom is -0.349 e. The fraction of sp³-hybridized carbons (Fsp3) is 0.458. The third-order valence-corrected chi connectivity index (χ3v) is 6.71. The van der Waals surface area contributed by atoms with Crippen LogP contribution < -0.4 is 5.32 Å². The summed E-state index contributed by atoms with van der Waals surface area (Å²) < 4.78 is 0. The molecule has 1 aromatic carbocycles. The first-order valence-electron chi connectivity index (χ1n) is 11.1. The lowest BCUT2D eigenvalue weighted by Gasteiger charge is -2.40. The summed E-state index contributed by atoms with van der Waals surface area (Å²) in [7, 11) is 0. The fourth-order valence-corrected chi connectivity index (χ4v) is 4.96. The van der Waals surface area contributed by atoms with Crippen LogP contribution >= 0.6 is 11.6 Å². The summed E-state index contributed by atoms with van der Waals surface area (Å²) in [5.74, 6) is 0.403. The minimum absolute atomic E-state index is 0.0396. The summed E-state index contributed by atoms with van der Waals surface area (Å²) in [6, 6.07) is 12.7. The molecule has 1 aliphatic heterocycles. The molecule has 1 N–H and O–H groups in total. The molecular formula is C24H29ClN4O2. The van der Waals surface area contributed by atoms with Gasteiger partial charge in [0.05, 0.1) is 28.9 Å². The van der Waals surface area contributed by atoms with Crippen LogP contribution in [-0.2, 0) is 11.3 Å². The van der Waals surface area contributed by atoms with Crippen molar-refractivity contribution in [3.63, 3.8) is 0 Å². The fourth-order valence-electron chi connectivity index (χ4n) is 4.74. The van der Waals surface area contributed by atoms with Crippen LogP contribution in [0, 0.1) is 5.92 Å². The van der Waals surface area contributed by atoms with Crippen molar-refractivity contribution in [2.75, 3.05) is 26.2 Å². The van der Waals surface area contributed by atoms with Crippen LogP contribution in [0.15, 0.2) is 48.7 Å². The lowest BCUT2D eigenvalue weighted by Crippen LogP contribution is -2.57. The summed E-state index contributed by atoms with van der Waals surface area (Å²) in [5, 5.41) is 3.58. The molecule has 2 amide bonds. The van der Waals surface area contributed by atoms with Crippen molar-refractivity contribution in [1.29, 1.82) is 0 Å². The Morgan fingerprint density at radius 1 is 1.03 bits per heavy atom. The van der Waals surface area contributed by atoms with E-state index in [2.05, 4.69) is 15.2 Å². The van der Waals surface area contributed by atoms with Crippen molar-refractivity contribution in [2.24, 2.45) is 5.92 Å². The van der Waals surface area contributed by atoms with Crippen LogP contribution in [0.4, 0.5) is 0 Å². The molecule has 164 valence electrons. The first-order valence-corrected chi connectivity index (χ1v) is 11.5. The Balaban J connectivity index is 1.39. The largest absolute Gasteiger partial charge is 0.349 e. The molecule has 2 heterocycles. The van der Waals surface area contributed by atoms with Gasteiger partial charge in [0.1, 0.15) is 0 Å². The molecule has 1 aliphatic carbocycles. The van der Waals surface area contributed by atoms with Gasteiger partial charge >= 0.3 is 0 Å². The zero-order chi connectivity index (χ0) is 21.6. The molecular weight excluding hydrogens is 412 g/mol. The Labute approximate surface area is 188 Å². The lowest BCUT2D eigenvalue weighted by molar-refractivity contribution is -0.129. The Kier molecular flexibility index (Phi) is 7.20. The van der Waals surface area contributed by atoms with Crippen molar-refractivity contribution in [2.45, 2.75) is 38.3 Å². The second-order valence-corrected chi connectivity index (χ2v) is 8.74. The molecule has 7 heteroatoms.